The van der Waals surface area contributed by atoms with Crippen molar-refractivity contribution in [3.8, 4) is 0 Å². The van der Waals surface area contributed by atoms with Gasteiger partial charge in [-0.2, -0.15) is 13.2 Å². The molecule has 0 saturated carbocycles. The Morgan fingerprint density at radius 3 is 2.11 bits per heavy atom. The van der Waals surface area contributed by atoms with Crippen LogP contribution in [0.1, 0.15) is 55.8 Å². The molecule has 4 nitrogen and oxygen atoms in total. The Labute approximate surface area is 211 Å². The van der Waals surface area contributed by atoms with Gasteiger partial charge < -0.3 is 4.90 Å². The van der Waals surface area contributed by atoms with Gasteiger partial charge in [0, 0.05) is 22.7 Å². The van der Waals surface area contributed by atoms with Crippen LogP contribution in [0.3, 0.4) is 0 Å². The summed E-state index contributed by atoms with van der Waals surface area (Å²) in [6.07, 6.45) is -0.898. The van der Waals surface area contributed by atoms with E-state index < -0.39 is 46.7 Å². The van der Waals surface area contributed by atoms with Gasteiger partial charge in [-0.25, -0.2) is 0 Å². The van der Waals surface area contributed by atoms with Crippen LogP contribution in [0.25, 0.3) is 6.08 Å². The lowest BCUT2D eigenvalue weighted by Crippen LogP contribution is -2.48. The second-order valence-electron chi connectivity index (χ2n) is 10.00. The third-order valence-electron chi connectivity index (χ3n) is 7.98. The number of hydrogen-bond donors (Lipinski definition) is 0. The summed E-state index contributed by atoms with van der Waals surface area (Å²) in [4.78, 5) is 43.7. The number of carbonyl (C=O) groups excluding carboxylic acids is 3. The van der Waals surface area contributed by atoms with Gasteiger partial charge in [0.15, 0.2) is 17.3 Å². The standard InChI is InChI=1S/C30H22F3NO3/c1-16-7-8-18-11-14-24-29(27(36)21-5-3-4-6-22(21)28(29)37)25(26(17(2)35)34(24)23(18)15-16)19-9-12-20(13-10-19)30(31,32)33/h3-15,24-26H,1-2H3/t24-,25-,26+/m0/s1. The zero-order valence-electron chi connectivity index (χ0n) is 20.0. The largest absolute Gasteiger partial charge is 0.416 e. The number of alkyl halides is 3. The number of rotatable bonds is 2. The maximum Gasteiger partial charge on any atom is 0.416 e. The smallest absolute Gasteiger partial charge is 0.352 e. The predicted octanol–water partition coefficient (Wildman–Crippen LogP) is 6.04. The zero-order valence-corrected chi connectivity index (χ0v) is 20.0. The fourth-order valence-corrected chi connectivity index (χ4v) is 6.48. The van der Waals surface area contributed by atoms with Crippen LogP contribution in [-0.2, 0) is 11.0 Å². The molecule has 186 valence electrons. The Bertz CT molecular complexity index is 1480. The number of ketones is 3. The Hall–Kier alpha value is -4.00. The van der Waals surface area contributed by atoms with Gasteiger partial charge in [0.1, 0.15) is 5.41 Å². The number of hydrogen-bond acceptors (Lipinski definition) is 4. The molecule has 2 aliphatic heterocycles. The van der Waals surface area contributed by atoms with Gasteiger partial charge >= 0.3 is 6.18 Å². The normalized spacial score (nSPS) is 23.3. The van der Waals surface area contributed by atoms with E-state index in [4.69, 9.17) is 0 Å². The second kappa shape index (κ2) is 7.75. The molecule has 1 saturated heterocycles. The van der Waals surface area contributed by atoms with E-state index in [1.54, 1.807) is 30.3 Å². The molecule has 0 N–H and O–H groups in total. The Kier molecular flexibility index (Phi) is 4.90. The van der Waals surface area contributed by atoms with Crippen molar-refractivity contribution in [1.82, 2.24) is 0 Å². The van der Waals surface area contributed by atoms with Crippen molar-refractivity contribution in [3.63, 3.8) is 0 Å². The molecule has 1 spiro atoms. The Morgan fingerprint density at radius 2 is 1.54 bits per heavy atom. The molecule has 3 atom stereocenters. The monoisotopic (exact) mass is 501 g/mol. The van der Waals surface area contributed by atoms with Crippen molar-refractivity contribution in [3.05, 3.63) is 106 Å². The van der Waals surface area contributed by atoms with Gasteiger partial charge in [-0.1, -0.05) is 60.7 Å². The van der Waals surface area contributed by atoms with Crippen molar-refractivity contribution in [2.45, 2.75) is 38.0 Å². The number of benzene rings is 3. The summed E-state index contributed by atoms with van der Waals surface area (Å²) in [5.74, 6) is -2.07. The van der Waals surface area contributed by atoms with Crippen molar-refractivity contribution in [1.29, 1.82) is 0 Å². The first-order chi connectivity index (χ1) is 17.6. The van der Waals surface area contributed by atoms with Gasteiger partial charge in [0.2, 0.25) is 0 Å². The molecule has 7 heteroatoms. The maximum atomic E-state index is 14.3. The van der Waals surface area contributed by atoms with Crippen LogP contribution in [0.4, 0.5) is 18.9 Å². The van der Waals surface area contributed by atoms with Crippen LogP contribution in [0.2, 0.25) is 0 Å². The first-order valence-corrected chi connectivity index (χ1v) is 12.0. The van der Waals surface area contributed by atoms with Crippen molar-refractivity contribution < 1.29 is 27.6 Å². The first kappa shape index (κ1) is 23.4. The molecule has 3 aliphatic rings. The van der Waals surface area contributed by atoms with E-state index in [1.165, 1.54) is 19.1 Å². The van der Waals surface area contributed by atoms with Crippen LogP contribution in [0.15, 0.2) is 72.8 Å². The third kappa shape index (κ3) is 3.06. The van der Waals surface area contributed by atoms with E-state index in [1.807, 2.05) is 36.1 Å². The summed E-state index contributed by atoms with van der Waals surface area (Å²) in [6, 6.07) is 15.1. The van der Waals surface area contributed by atoms with Gasteiger partial charge in [0.05, 0.1) is 17.6 Å². The fourth-order valence-electron chi connectivity index (χ4n) is 6.48. The summed E-state index contributed by atoms with van der Waals surface area (Å²) in [5, 5.41) is 0. The second-order valence-corrected chi connectivity index (χ2v) is 10.00. The molecule has 0 bridgehead atoms. The minimum Gasteiger partial charge on any atom is -0.352 e. The van der Waals surface area contributed by atoms with E-state index in [0.29, 0.717) is 5.56 Å². The number of nitrogens with zero attached hydrogens (tertiary/aromatic N) is 1. The topological polar surface area (TPSA) is 54.5 Å². The summed E-state index contributed by atoms with van der Waals surface area (Å²) in [7, 11) is 0. The van der Waals surface area contributed by atoms with E-state index in [9.17, 15) is 27.6 Å². The number of carbonyl (C=O) groups is 3. The Morgan fingerprint density at radius 1 is 0.919 bits per heavy atom. The summed E-state index contributed by atoms with van der Waals surface area (Å²) in [6.45, 7) is 3.32. The van der Waals surface area contributed by atoms with Crippen LogP contribution in [0.5, 0.6) is 0 Å². The summed E-state index contributed by atoms with van der Waals surface area (Å²) >= 11 is 0. The van der Waals surface area contributed by atoms with Crippen LogP contribution >= 0.6 is 0 Å². The number of fused-ring (bicyclic) bond motifs is 5. The average molecular weight is 502 g/mol. The molecule has 1 aliphatic carbocycles. The Balaban J connectivity index is 1.65. The average Bonchev–Trinajstić information content (AvgIpc) is 3.30. The molecule has 3 aromatic rings. The molecular formula is C30H22F3NO3. The molecule has 0 radical (unpaired) electrons. The molecule has 0 amide bonds. The number of Topliss-reactive ketones (excluding diaryl/α,β-unsaturated/α-hetero) is 3. The van der Waals surface area contributed by atoms with Crippen molar-refractivity contribution in [2.75, 3.05) is 4.90 Å². The minimum absolute atomic E-state index is 0.272. The molecular weight excluding hydrogens is 479 g/mol. The highest BCUT2D eigenvalue weighted by Crippen LogP contribution is 2.60. The van der Waals surface area contributed by atoms with Gasteiger partial charge in [-0.3, -0.25) is 14.4 Å². The maximum absolute atomic E-state index is 14.3. The molecule has 0 unspecified atom stereocenters. The molecule has 1 fully saturated rings. The number of anilines is 1. The highest BCUT2D eigenvalue weighted by molar-refractivity contribution is 6.32. The van der Waals surface area contributed by atoms with Gasteiger partial charge in [-0.05, 0) is 48.7 Å². The quantitative estimate of drug-likeness (QED) is 0.402. The summed E-state index contributed by atoms with van der Waals surface area (Å²) in [5.41, 5.74) is 0.860. The lowest BCUT2D eigenvalue weighted by Gasteiger charge is -2.37. The lowest BCUT2D eigenvalue weighted by atomic mass is 9.64. The number of aryl methyl sites for hydroxylation is 1. The van der Waals surface area contributed by atoms with Crippen LogP contribution in [-0.4, -0.2) is 29.4 Å². The fraction of sp³-hybridized carbons (Fsp3) is 0.233. The van der Waals surface area contributed by atoms with E-state index >= 15 is 0 Å². The zero-order chi connectivity index (χ0) is 26.3. The minimum atomic E-state index is -4.54. The molecule has 0 aromatic heterocycles. The van der Waals surface area contributed by atoms with Gasteiger partial charge in [0.25, 0.3) is 0 Å². The molecule has 2 heterocycles. The van der Waals surface area contributed by atoms with Crippen molar-refractivity contribution in [2.24, 2.45) is 5.41 Å². The third-order valence-corrected chi connectivity index (χ3v) is 7.98. The van der Waals surface area contributed by atoms with Crippen molar-refractivity contribution >= 4 is 29.1 Å². The SMILES string of the molecule is CC(=O)[C@@H]1[C@H](c2ccc(C(F)(F)F)cc2)C2(C(=O)c3ccccc3C2=O)[C@@H]2C=Cc3ccc(C)cc3N12. The van der Waals surface area contributed by atoms with Crippen LogP contribution in [0, 0.1) is 12.3 Å². The predicted molar refractivity (Wildman–Crippen MR) is 133 cm³/mol. The highest BCUT2D eigenvalue weighted by atomic mass is 19.4. The van der Waals surface area contributed by atoms with E-state index in [2.05, 4.69) is 0 Å². The van der Waals surface area contributed by atoms with E-state index in [0.717, 1.165) is 28.9 Å². The molecule has 6 rings (SSSR count). The first-order valence-electron chi connectivity index (χ1n) is 12.0. The van der Waals surface area contributed by atoms with Crippen LogP contribution < -0.4 is 4.90 Å². The van der Waals surface area contributed by atoms with E-state index in [-0.39, 0.29) is 16.9 Å². The van der Waals surface area contributed by atoms with Gasteiger partial charge in [-0.15, -0.1) is 0 Å². The molecule has 37 heavy (non-hydrogen) atoms. The lowest BCUT2D eigenvalue weighted by molar-refractivity contribution is -0.137. The summed E-state index contributed by atoms with van der Waals surface area (Å²) < 4.78 is 40.1. The molecule has 3 aromatic carbocycles. The number of halogens is 3. The highest BCUT2D eigenvalue weighted by Gasteiger charge is 2.71.